The molecule has 12 heteroatoms. The van der Waals surface area contributed by atoms with Crippen molar-refractivity contribution in [2.75, 3.05) is 6.61 Å². The Morgan fingerprint density at radius 3 is 2.74 bits per heavy atom. The van der Waals surface area contributed by atoms with Crippen LogP contribution in [0.5, 0.6) is 5.75 Å². The van der Waals surface area contributed by atoms with Crippen molar-refractivity contribution in [2.45, 2.75) is 64.0 Å². The van der Waals surface area contributed by atoms with E-state index in [-0.39, 0.29) is 38.0 Å². The second-order valence-electron chi connectivity index (χ2n) is 9.31. The summed E-state index contributed by atoms with van der Waals surface area (Å²) in [4.78, 5) is 27.9. The Balaban J connectivity index is 1.36. The third-order valence-electron chi connectivity index (χ3n) is 6.52. The Morgan fingerprint density at radius 2 is 2.06 bits per heavy atom. The van der Waals surface area contributed by atoms with Gasteiger partial charge in [-0.2, -0.15) is 0 Å². The molecule has 2 aliphatic rings. The molecule has 2 aromatic rings. The summed E-state index contributed by atoms with van der Waals surface area (Å²) in [5.41, 5.74) is 2.23. The number of aryl methyl sites for hydroxylation is 2. The summed E-state index contributed by atoms with van der Waals surface area (Å²) in [5, 5.41) is 20.1. The fourth-order valence-electron chi connectivity index (χ4n) is 4.54. The molecule has 2 saturated carbocycles. The van der Waals surface area contributed by atoms with Crippen LogP contribution < -0.4 is 10.1 Å². The van der Waals surface area contributed by atoms with Gasteiger partial charge in [0.15, 0.2) is 0 Å². The van der Waals surface area contributed by atoms with Crippen molar-refractivity contribution in [3.63, 3.8) is 0 Å². The molecule has 2 fully saturated rings. The largest absolute Gasteiger partial charge is 0.489 e. The number of aromatic nitrogens is 4. The molecule has 35 heavy (non-hydrogen) atoms. The summed E-state index contributed by atoms with van der Waals surface area (Å²) in [5.74, 6) is -3.57. The topological polar surface area (TPSA) is 128 Å². The van der Waals surface area contributed by atoms with Crippen molar-refractivity contribution in [3.8, 4) is 17.1 Å². The molecule has 4 rings (SSSR count). The molecule has 2 heterocycles. The first-order valence-electron chi connectivity index (χ1n) is 11.7. The Morgan fingerprint density at radius 1 is 1.29 bits per heavy atom. The number of alkyl halides is 2. The van der Waals surface area contributed by atoms with E-state index in [1.54, 1.807) is 26.1 Å². The predicted octanol–water partition coefficient (Wildman–Crippen LogP) is 3.48. The molecule has 0 radical (unpaired) electrons. The molecule has 2 aliphatic carbocycles. The quantitative estimate of drug-likeness (QED) is 0.572. The second-order valence-corrected chi connectivity index (χ2v) is 9.31. The van der Waals surface area contributed by atoms with Crippen LogP contribution in [0, 0.1) is 18.8 Å². The van der Waals surface area contributed by atoms with Gasteiger partial charge in [0.1, 0.15) is 11.4 Å². The molecular formula is C23H29F2N5O5. The van der Waals surface area contributed by atoms with Gasteiger partial charge in [-0.3, -0.25) is 4.79 Å². The molecule has 0 unspecified atom stereocenters. The van der Waals surface area contributed by atoms with Gasteiger partial charge >= 0.3 is 12.1 Å². The van der Waals surface area contributed by atoms with Crippen LogP contribution in [0.3, 0.4) is 0 Å². The lowest BCUT2D eigenvalue weighted by molar-refractivity contribution is -0.143. The average molecular weight is 494 g/mol. The zero-order valence-corrected chi connectivity index (χ0v) is 19.7. The molecule has 10 nitrogen and oxygen atoms in total. The lowest BCUT2D eigenvalue weighted by atomic mass is 9.82. The Kier molecular flexibility index (Phi) is 7.18. The van der Waals surface area contributed by atoms with E-state index in [1.807, 2.05) is 0 Å². The molecule has 0 bridgehead atoms. The van der Waals surface area contributed by atoms with Gasteiger partial charge in [0.2, 0.25) is 5.92 Å². The van der Waals surface area contributed by atoms with E-state index >= 15 is 0 Å². The fourth-order valence-corrected chi connectivity index (χ4v) is 4.54. The molecule has 190 valence electrons. The second kappa shape index (κ2) is 10.1. The molecule has 2 atom stereocenters. The van der Waals surface area contributed by atoms with E-state index in [9.17, 15) is 23.5 Å². The van der Waals surface area contributed by atoms with E-state index < -0.39 is 23.9 Å². The average Bonchev–Trinajstić information content (AvgIpc) is 3.16. The van der Waals surface area contributed by atoms with E-state index in [0.29, 0.717) is 41.4 Å². The molecule has 2 N–H and O–H groups in total. The number of alkyl carbamates (subject to hydrolysis) is 1. The Bertz CT molecular complexity index is 1080. The molecular weight excluding hydrogens is 464 g/mol. The van der Waals surface area contributed by atoms with Crippen LogP contribution in [0.4, 0.5) is 13.6 Å². The van der Waals surface area contributed by atoms with Crippen LogP contribution >= 0.6 is 0 Å². The minimum Gasteiger partial charge on any atom is -0.489 e. The lowest BCUT2D eigenvalue weighted by Gasteiger charge is -2.34. The first-order chi connectivity index (χ1) is 16.6. The van der Waals surface area contributed by atoms with Crippen molar-refractivity contribution in [1.29, 1.82) is 0 Å². The van der Waals surface area contributed by atoms with Gasteiger partial charge in [0, 0.05) is 25.8 Å². The number of pyridine rings is 1. The number of amides is 1. The van der Waals surface area contributed by atoms with Crippen LogP contribution in [-0.4, -0.2) is 55.8 Å². The highest BCUT2D eigenvalue weighted by atomic mass is 19.3. The number of carbonyl (C=O) groups excluding carboxylic acids is 1. The van der Waals surface area contributed by atoms with Gasteiger partial charge in [-0.15, -0.1) is 5.10 Å². The summed E-state index contributed by atoms with van der Waals surface area (Å²) < 4.78 is 38.4. The zero-order chi connectivity index (χ0) is 25.2. The summed E-state index contributed by atoms with van der Waals surface area (Å²) in [6.07, 6.45) is 1.33. The van der Waals surface area contributed by atoms with E-state index in [1.165, 1.54) is 4.68 Å². The maximum absolute atomic E-state index is 12.9. The maximum atomic E-state index is 12.9. The number of carboxylic acids is 1. The first kappa shape index (κ1) is 24.8. The highest BCUT2D eigenvalue weighted by molar-refractivity contribution is 5.70. The number of ether oxygens (including phenoxy) is 2. The number of hydrogen-bond donors (Lipinski definition) is 2. The van der Waals surface area contributed by atoms with Crippen LogP contribution in [0.2, 0.25) is 0 Å². The highest BCUT2D eigenvalue weighted by Gasteiger charge is 2.45. The maximum Gasteiger partial charge on any atom is 0.407 e. The Hall–Kier alpha value is -3.31. The molecule has 0 aliphatic heterocycles. The molecule has 0 aromatic carbocycles. The normalized spacial score (nSPS) is 21.7. The number of halogens is 2. The van der Waals surface area contributed by atoms with Crippen LogP contribution in [-0.2, 0) is 23.1 Å². The standard InChI is InChI=1S/C23H29F2N5O5/c1-13-19(35-16-5-3-4-15(8-16)21(31)32)7-6-17(27-13)20-18(30(2)29-28-20)11-26-22(33)34-12-14-9-23(24,25)10-14/h6-7,14-16H,3-5,8-12H2,1-2H3,(H,26,33)(H,31,32)/t15-,16-/m0/s1. The fraction of sp³-hybridized carbons (Fsp3) is 0.609. The van der Waals surface area contributed by atoms with Crippen molar-refractivity contribution >= 4 is 12.1 Å². The summed E-state index contributed by atoms with van der Waals surface area (Å²) >= 11 is 0. The van der Waals surface area contributed by atoms with Crippen LogP contribution in [0.1, 0.15) is 49.9 Å². The molecule has 0 saturated heterocycles. The third kappa shape index (κ3) is 6.04. The first-order valence-corrected chi connectivity index (χ1v) is 11.7. The van der Waals surface area contributed by atoms with Crippen molar-refractivity contribution in [3.05, 3.63) is 23.5 Å². The minimum atomic E-state index is -2.65. The monoisotopic (exact) mass is 493 g/mol. The smallest absolute Gasteiger partial charge is 0.407 e. The number of carbonyl (C=O) groups is 2. The van der Waals surface area contributed by atoms with E-state index in [0.717, 1.165) is 12.8 Å². The summed E-state index contributed by atoms with van der Waals surface area (Å²) in [7, 11) is 1.68. The van der Waals surface area contributed by atoms with Crippen LogP contribution in [0.15, 0.2) is 12.1 Å². The van der Waals surface area contributed by atoms with Gasteiger partial charge in [0.05, 0.1) is 42.3 Å². The number of hydrogen-bond acceptors (Lipinski definition) is 7. The minimum absolute atomic E-state index is 0.0473. The van der Waals surface area contributed by atoms with Crippen molar-refractivity contribution in [2.24, 2.45) is 18.9 Å². The van der Waals surface area contributed by atoms with Crippen molar-refractivity contribution in [1.82, 2.24) is 25.3 Å². The summed E-state index contributed by atoms with van der Waals surface area (Å²) in [6.45, 7) is 1.82. The number of carboxylic acid groups (broad SMARTS) is 1. The highest BCUT2D eigenvalue weighted by Crippen LogP contribution is 2.42. The van der Waals surface area contributed by atoms with Crippen molar-refractivity contribution < 1.29 is 33.0 Å². The SMILES string of the molecule is Cc1nc(-c2nnn(C)c2CNC(=O)OCC2CC(F)(F)C2)ccc1O[C@H]1CCC[C@H](C(=O)O)C1. The van der Waals surface area contributed by atoms with Gasteiger partial charge < -0.3 is 19.9 Å². The molecule has 2 aromatic heterocycles. The van der Waals surface area contributed by atoms with Gasteiger partial charge in [-0.1, -0.05) is 5.21 Å². The number of rotatable bonds is 8. The molecule has 1 amide bonds. The van der Waals surface area contributed by atoms with E-state index in [2.05, 4.69) is 20.6 Å². The molecule has 0 spiro atoms. The Labute approximate surface area is 201 Å². The van der Waals surface area contributed by atoms with Crippen LogP contribution in [0.25, 0.3) is 11.4 Å². The number of nitrogens with one attached hydrogen (secondary N) is 1. The van der Waals surface area contributed by atoms with E-state index in [4.69, 9.17) is 9.47 Å². The lowest BCUT2D eigenvalue weighted by Crippen LogP contribution is -2.39. The van der Waals surface area contributed by atoms with Gasteiger partial charge in [0.25, 0.3) is 0 Å². The van der Waals surface area contributed by atoms with Gasteiger partial charge in [-0.25, -0.2) is 23.2 Å². The van der Waals surface area contributed by atoms with Gasteiger partial charge in [-0.05, 0) is 44.7 Å². The number of nitrogens with zero attached hydrogens (tertiary/aromatic N) is 4. The predicted molar refractivity (Wildman–Crippen MR) is 119 cm³/mol. The summed E-state index contributed by atoms with van der Waals surface area (Å²) in [6, 6.07) is 3.51. The third-order valence-corrected chi connectivity index (χ3v) is 6.52. The number of aliphatic carboxylic acids is 1. The zero-order valence-electron chi connectivity index (χ0n) is 19.7.